The van der Waals surface area contributed by atoms with E-state index in [4.69, 9.17) is 18.9 Å². The number of anilines is 1. The molecule has 0 aliphatic carbocycles. The Morgan fingerprint density at radius 1 is 1.04 bits per heavy atom. The van der Waals surface area contributed by atoms with Crippen LogP contribution in [0.4, 0.5) is 5.69 Å². The van der Waals surface area contributed by atoms with Crippen LogP contribution in [0.1, 0.15) is 55.2 Å². The summed E-state index contributed by atoms with van der Waals surface area (Å²) in [7, 11) is -0.500. The van der Waals surface area contributed by atoms with Crippen molar-refractivity contribution in [2.45, 2.75) is 75.2 Å². The molecule has 2 aliphatic rings. The second-order valence-corrected chi connectivity index (χ2v) is 14.2. The summed E-state index contributed by atoms with van der Waals surface area (Å²) in [4.78, 5) is 2.57. The Morgan fingerprint density at radius 3 is 2.50 bits per heavy atom. The lowest BCUT2D eigenvalue weighted by Crippen LogP contribution is -2.53. The normalized spacial score (nSPS) is 21.0. The number of benzene rings is 3. The van der Waals surface area contributed by atoms with Gasteiger partial charge in [0.1, 0.15) is 18.1 Å². The lowest BCUT2D eigenvalue weighted by molar-refractivity contribution is -0.0263. The van der Waals surface area contributed by atoms with Gasteiger partial charge in [0.2, 0.25) is 10.0 Å². The van der Waals surface area contributed by atoms with Gasteiger partial charge in [0.05, 0.1) is 43.1 Å². The van der Waals surface area contributed by atoms with Gasteiger partial charge in [0, 0.05) is 38.8 Å². The van der Waals surface area contributed by atoms with Gasteiger partial charge in [0.15, 0.2) is 0 Å². The Labute approximate surface area is 274 Å². The van der Waals surface area contributed by atoms with Gasteiger partial charge in [0.25, 0.3) is 0 Å². The van der Waals surface area contributed by atoms with E-state index in [0.29, 0.717) is 39.1 Å². The molecule has 0 bridgehead atoms. The van der Waals surface area contributed by atoms with E-state index in [1.165, 1.54) is 0 Å². The van der Waals surface area contributed by atoms with E-state index in [-0.39, 0.29) is 17.4 Å². The molecule has 5 rings (SSSR count). The number of aryl methyl sites for hydroxylation is 1. The molecule has 4 atom stereocenters. The molecule has 0 unspecified atom stereocenters. The first-order valence-electron chi connectivity index (χ1n) is 16.2. The van der Waals surface area contributed by atoms with Crippen LogP contribution in [0.15, 0.2) is 71.6 Å². The molecule has 1 fully saturated rings. The molecule has 0 aromatic heterocycles. The summed E-state index contributed by atoms with van der Waals surface area (Å²) in [5.74, 6) is 1.52. The molecule has 0 saturated carbocycles. The Kier molecular flexibility index (Phi) is 11.6. The third kappa shape index (κ3) is 8.04. The molecular formula is C36H48N2O7S. The molecule has 1 saturated heterocycles. The molecule has 3 aromatic rings. The summed E-state index contributed by atoms with van der Waals surface area (Å²) in [6.45, 7) is 7.35. The highest BCUT2D eigenvalue weighted by molar-refractivity contribution is 7.89. The Balaban J connectivity index is 1.45. The Morgan fingerprint density at radius 2 is 1.80 bits per heavy atom. The molecule has 0 radical (unpaired) electrons. The minimum atomic E-state index is -3.86. The van der Waals surface area contributed by atoms with Crippen molar-refractivity contribution in [1.29, 1.82) is 0 Å². The molecule has 2 heterocycles. The first-order chi connectivity index (χ1) is 22.2. The highest BCUT2D eigenvalue weighted by Gasteiger charge is 2.43. The van der Waals surface area contributed by atoms with E-state index in [0.717, 1.165) is 53.4 Å². The van der Waals surface area contributed by atoms with Crippen LogP contribution >= 0.6 is 0 Å². The molecule has 2 aliphatic heterocycles. The van der Waals surface area contributed by atoms with Crippen LogP contribution in [-0.4, -0.2) is 83.1 Å². The number of piperidine rings is 1. The highest BCUT2D eigenvalue weighted by Crippen LogP contribution is 2.40. The topological polar surface area (TPSA) is 97.8 Å². The van der Waals surface area contributed by atoms with Gasteiger partial charge in [-0.25, -0.2) is 8.42 Å². The SMILES string of the molecule is CC[C@@H](O)C[C@H]1C[C@H](c2ccc(OC)cc2)[C@@H](OCc2ccc3c(c2)N(CCCOC)CCO3)CN1S(=O)(=O)c1ccc(C)cc1. The van der Waals surface area contributed by atoms with Gasteiger partial charge < -0.3 is 29.0 Å². The lowest BCUT2D eigenvalue weighted by Gasteiger charge is -2.44. The summed E-state index contributed by atoms with van der Waals surface area (Å²) in [5.41, 5.74) is 4.07. The zero-order valence-electron chi connectivity index (χ0n) is 27.4. The average Bonchev–Trinajstić information content (AvgIpc) is 3.07. The van der Waals surface area contributed by atoms with E-state index >= 15 is 0 Å². The van der Waals surface area contributed by atoms with Gasteiger partial charge in [-0.1, -0.05) is 42.8 Å². The number of methoxy groups -OCH3 is 2. The molecule has 46 heavy (non-hydrogen) atoms. The summed E-state index contributed by atoms with van der Waals surface area (Å²) >= 11 is 0. The van der Waals surface area contributed by atoms with Gasteiger partial charge in [-0.05, 0) is 80.1 Å². The number of aliphatic hydroxyl groups is 1. The Bertz CT molecular complexity index is 1510. The monoisotopic (exact) mass is 652 g/mol. The van der Waals surface area contributed by atoms with Gasteiger partial charge >= 0.3 is 0 Å². The second kappa shape index (κ2) is 15.6. The third-order valence-corrected chi connectivity index (χ3v) is 11.1. The number of nitrogens with zero attached hydrogens (tertiary/aromatic N) is 2. The molecule has 0 amide bonds. The number of hydrogen-bond donors (Lipinski definition) is 1. The number of aliphatic hydroxyl groups excluding tert-OH is 1. The molecule has 0 spiro atoms. The van der Waals surface area contributed by atoms with Gasteiger partial charge in [-0.15, -0.1) is 0 Å². The number of rotatable bonds is 14. The summed E-state index contributed by atoms with van der Waals surface area (Å²) in [6.07, 6.45) is 1.30. The van der Waals surface area contributed by atoms with E-state index in [1.54, 1.807) is 30.7 Å². The smallest absolute Gasteiger partial charge is 0.243 e. The lowest BCUT2D eigenvalue weighted by atomic mass is 9.82. The minimum absolute atomic E-state index is 0.0871. The van der Waals surface area contributed by atoms with Crippen molar-refractivity contribution in [2.75, 3.05) is 52.0 Å². The summed E-state index contributed by atoms with van der Waals surface area (Å²) in [5, 5.41) is 10.7. The maximum Gasteiger partial charge on any atom is 0.243 e. The van der Waals surface area contributed by atoms with Crippen molar-refractivity contribution in [3.05, 3.63) is 83.4 Å². The fraction of sp³-hybridized carbons (Fsp3) is 0.500. The van der Waals surface area contributed by atoms with Crippen molar-refractivity contribution in [3.63, 3.8) is 0 Å². The van der Waals surface area contributed by atoms with Gasteiger partial charge in [-0.3, -0.25) is 0 Å². The quantitative estimate of drug-likeness (QED) is 0.227. The van der Waals surface area contributed by atoms with Crippen LogP contribution in [0.3, 0.4) is 0 Å². The number of sulfonamides is 1. The number of ether oxygens (including phenoxy) is 4. The predicted octanol–water partition coefficient (Wildman–Crippen LogP) is 5.53. The van der Waals surface area contributed by atoms with Crippen LogP contribution in [0.25, 0.3) is 0 Å². The maximum atomic E-state index is 14.2. The fourth-order valence-electron chi connectivity index (χ4n) is 6.46. The van der Waals surface area contributed by atoms with Crippen molar-refractivity contribution in [3.8, 4) is 11.5 Å². The maximum absolute atomic E-state index is 14.2. The zero-order valence-corrected chi connectivity index (χ0v) is 28.2. The molecular weight excluding hydrogens is 604 g/mol. The first kappa shape index (κ1) is 34.2. The minimum Gasteiger partial charge on any atom is -0.497 e. The van der Waals surface area contributed by atoms with Crippen molar-refractivity contribution < 1.29 is 32.5 Å². The third-order valence-electron chi connectivity index (χ3n) is 9.15. The van der Waals surface area contributed by atoms with E-state index in [2.05, 4.69) is 11.0 Å². The van der Waals surface area contributed by atoms with Crippen LogP contribution in [-0.2, 0) is 26.1 Å². The summed E-state index contributed by atoms with van der Waals surface area (Å²) in [6, 6.07) is 20.6. The fourth-order valence-corrected chi connectivity index (χ4v) is 8.12. The molecule has 10 heteroatoms. The highest BCUT2D eigenvalue weighted by atomic mass is 32.2. The molecule has 3 aromatic carbocycles. The standard InChI is InChI=1S/C36H48N2O7S/c1-5-30(39)22-29-23-33(28-10-12-31(43-4)13-11-28)36(24-38(29)46(40,41)32-14-7-26(2)8-15-32)45-25-27-9-16-35-34(21-27)37(18-20-44-35)17-6-19-42-3/h7-16,21,29-30,33,36,39H,5-6,17-20,22-25H2,1-4H3/t29-,30+,33+,36-/m0/s1. The number of hydrogen-bond acceptors (Lipinski definition) is 8. The predicted molar refractivity (Wildman–Crippen MR) is 179 cm³/mol. The first-order valence-corrected chi connectivity index (χ1v) is 17.7. The van der Waals surface area contributed by atoms with Crippen molar-refractivity contribution in [1.82, 2.24) is 4.31 Å². The van der Waals surface area contributed by atoms with E-state index < -0.39 is 28.3 Å². The van der Waals surface area contributed by atoms with Crippen LogP contribution in [0.5, 0.6) is 11.5 Å². The Hall–Kier alpha value is -3.15. The molecule has 9 nitrogen and oxygen atoms in total. The van der Waals surface area contributed by atoms with Crippen molar-refractivity contribution >= 4 is 15.7 Å². The zero-order chi connectivity index (χ0) is 32.7. The second-order valence-electron chi connectivity index (χ2n) is 12.3. The van der Waals surface area contributed by atoms with E-state index in [9.17, 15) is 13.5 Å². The molecule has 250 valence electrons. The van der Waals surface area contributed by atoms with Crippen LogP contribution in [0, 0.1) is 6.92 Å². The number of fused-ring (bicyclic) bond motifs is 1. The van der Waals surface area contributed by atoms with Crippen LogP contribution in [0.2, 0.25) is 0 Å². The average molecular weight is 653 g/mol. The summed E-state index contributed by atoms with van der Waals surface area (Å²) < 4.78 is 53.2. The van der Waals surface area contributed by atoms with Gasteiger partial charge in [-0.2, -0.15) is 4.31 Å². The van der Waals surface area contributed by atoms with E-state index in [1.807, 2.05) is 62.4 Å². The van der Waals surface area contributed by atoms with Crippen molar-refractivity contribution in [2.24, 2.45) is 0 Å². The largest absolute Gasteiger partial charge is 0.497 e. The molecule has 1 N–H and O–H groups in total. The van der Waals surface area contributed by atoms with Crippen LogP contribution < -0.4 is 14.4 Å².